The van der Waals surface area contributed by atoms with Gasteiger partial charge in [0.05, 0.1) is 0 Å². The van der Waals surface area contributed by atoms with Crippen LogP contribution in [-0.4, -0.2) is 11.8 Å². The monoisotopic (exact) mass is 198 g/mol. The van der Waals surface area contributed by atoms with E-state index in [4.69, 9.17) is 17.3 Å². The van der Waals surface area contributed by atoms with Gasteiger partial charge in [0.15, 0.2) is 0 Å². The fraction of sp³-hybridized carbons (Fsp3) is 0.222. The topological polar surface area (TPSA) is 55.1 Å². The summed E-state index contributed by atoms with van der Waals surface area (Å²) >= 11 is 5.33. The van der Waals surface area contributed by atoms with Crippen LogP contribution in [0.25, 0.3) is 0 Å². The number of carbonyl (C=O) groups excluding carboxylic acids is 1. The number of nitrogens with one attached hydrogen (secondary N) is 1. The van der Waals surface area contributed by atoms with Crippen LogP contribution in [0.3, 0.4) is 0 Å². The zero-order chi connectivity index (χ0) is 9.84. The number of hydrogen-bond acceptors (Lipinski definition) is 2. The molecule has 0 aliphatic heterocycles. The molecule has 0 heterocycles. The SMILES string of the molecule is Cc1ccc(NC(=O)CCl)cc1N. The van der Waals surface area contributed by atoms with Crippen LogP contribution < -0.4 is 11.1 Å². The lowest BCUT2D eigenvalue weighted by atomic mass is 10.2. The predicted octanol–water partition coefficient (Wildman–Crippen LogP) is 1.75. The summed E-state index contributed by atoms with van der Waals surface area (Å²) in [6, 6.07) is 5.34. The molecule has 1 amide bonds. The van der Waals surface area contributed by atoms with E-state index in [0.29, 0.717) is 11.4 Å². The lowest BCUT2D eigenvalue weighted by Crippen LogP contribution is -2.12. The van der Waals surface area contributed by atoms with Crippen LogP contribution in [0.2, 0.25) is 0 Å². The molecule has 0 aliphatic carbocycles. The number of hydrogen-bond donors (Lipinski definition) is 2. The number of halogens is 1. The first-order valence-corrected chi connectivity index (χ1v) is 4.39. The molecule has 0 fully saturated rings. The number of nitrogens with two attached hydrogens (primary N) is 1. The van der Waals surface area contributed by atoms with E-state index >= 15 is 0 Å². The van der Waals surface area contributed by atoms with Crippen molar-refractivity contribution in [2.75, 3.05) is 16.9 Å². The Balaban J connectivity index is 2.79. The second-order valence-corrected chi connectivity index (χ2v) is 3.02. The molecule has 0 radical (unpaired) electrons. The number of nitrogen functional groups attached to an aromatic ring is 1. The normalized spacial score (nSPS) is 9.69. The Bertz CT molecular complexity index is 325. The first-order chi connectivity index (χ1) is 6.13. The number of amides is 1. The van der Waals surface area contributed by atoms with Gasteiger partial charge in [-0.15, -0.1) is 11.6 Å². The van der Waals surface area contributed by atoms with Crippen molar-refractivity contribution < 1.29 is 4.79 Å². The fourth-order valence-corrected chi connectivity index (χ4v) is 0.979. The van der Waals surface area contributed by atoms with Gasteiger partial charge in [-0.05, 0) is 24.6 Å². The van der Waals surface area contributed by atoms with E-state index in [1.54, 1.807) is 12.1 Å². The number of rotatable bonds is 2. The molecular formula is C9H11ClN2O. The van der Waals surface area contributed by atoms with E-state index in [-0.39, 0.29) is 11.8 Å². The third kappa shape index (κ3) is 2.63. The van der Waals surface area contributed by atoms with Crippen LogP contribution in [0.1, 0.15) is 5.56 Å². The summed E-state index contributed by atoms with van der Waals surface area (Å²) in [4.78, 5) is 10.9. The summed E-state index contributed by atoms with van der Waals surface area (Å²) in [6.45, 7) is 1.91. The van der Waals surface area contributed by atoms with Gasteiger partial charge < -0.3 is 11.1 Å². The number of aryl methyl sites for hydroxylation is 1. The molecule has 0 aliphatic rings. The quantitative estimate of drug-likeness (QED) is 0.562. The molecule has 0 saturated heterocycles. The van der Waals surface area contributed by atoms with Crippen LogP contribution >= 0.6 is 11.6 Å². The molecule has 3 nitrogen and oxygen atoms in total. The Morgan fingerprint density at radius 3 is 2.85 bits per heavy atom. The van der Waals surface area contributed by atoms with Gasteiger partial charge in [0.2, 0.25) is 5.91 Å². The Labute approximate surface area is 81.9 Å². The van der Waals surface area contributed by atoms with Crippen LogP contribution in [-0.2, 0) is 4.79 Å². The summed E-state index contributed by atoms with van der Waals surface area (Å²) in [6.07, 6.45) is 0. The zero-order valence-electron chi connectivity index (χ0n) is 7.30. The van der Waals surface area contributed by atoms with E-state index in [1.165, 1.54) is 0 Å². The molecule has 3 N–H and O–H groups in total. The highest BCUT2D eigenvalue weighted by Crippen LogP contribution is 2.16. The second kappa shape index (κ2) is 4.14. The summed E-state index contributed by atoms with van der Waals surface area (Å²) in [5, 5.41) is 2.61. The van der Waals surface area contributed by atoms with Gasteiger partial charge in [-0.1, -0.05) is 6.07 Å². The average molecular weight is 199 g/mol. The molecule has 0 bridgehead atoms. The molecular weight excluding hydrogens is 188 g/mol. The van der Waals surface area contributed by atoms with Crippen molar-refractivity contribution in [3.8, 4) is 0 Å². The van der Waals surface area contributed by atoms with Gasteiger partial charge in [0, 0.05) is 11.4 Å². The molecule has 1 aromatic carbocycles. The van der Waals surface area contributed by atoms with E-state index in [1.807, 2.05) is 13.0 Å². The number of benzene rings is 1. The summed E-state index contributed by atoms with van der Waals surface area (Å²) < 4.78 is 0. The smallest absolute Gasteiger partial charge is 0.239 e. The molecule has 1 rings (SSSR count). The number of alkyl halides is 1. The first-order valence-electron chi connectivity index (χ1n) is 3.85. The van der Waals surface area contributed by atoms with Gasteiger partial charge in [-0.25, -0.2) is 0 Å². The molecule has 0 aromatic heterocycles. The van der Waals surface area contributed by atoms with E-state index in [9.17, 15) is 4.79 Å². The van der Waals surface area contributed by atoms with Crippen LogP contribution in [0, 0.1) is 6.92 Å². The zero-order valence-corrected chi connectivity index (χ0v) is 8.06. The van der Waals surface area contributed by atoms with Crippen molar-refractivity contribution in [2.45, 2.75) is 6.92 Å². The standard InChI is InChI=1S/C9H11ClN2O/c1-6-2-3-7(4-8(6)11)12-9(13)5-10/h2-4H,5,11H2,1H3,(H,12,13). The lowest BCUT2D eigenvalue weighted by molar-refractivity contribution is -0.113. The minimum atomic E-state index is -0.232. The maximum Gasteiger partial charge on any atom is 0.239 e. The van der Waals surface area contributed by atoms with Crippen molar-refractivity contribution in [1.29, 1.82) is 0 Å². The van der Waals surface area contributed by atoms with Crippen molar-refractivity contribution in [2.24, 2.45) is 0 Å². The van der Waals surface area contributed by atoms with Crippen molar-refractivity contribution in [3.63, 3.8) is 0 Å². The van der Waals surface area contributed by atoms with Crippen molar-refractivity contribution >= 4 is 28.9 Å². The van der Waals surface area contributed by atoms with E-state index in [2.05, 4.69) is 5.32 Å². The third-order valence-corrected chi connectivity index (χ3v) is 1.93. The fourth-order valence-electron chi connectivity index (χ4n) is 0.913. The highest BCUT2D eigenvalue weighted by Gasteiger charge is 2.00. The van der Waals surface area contributed by atoms with Crippen molar-refractivity contribution in [1.82, 2.24) is 0 Å². The highest BCUT2D eigenvalue weighted by atomic mass is 35.5. The van der Waals surface area contributed by atoms with Gasteiger partial charge in [0.25, 0.3) is 0 Å². The maximum absolute atomic E-state index is 10.9. The maximum atomic E-state index is 10.9. The molecule has 1 aromatic rings. The summed E-state index contributed by atoms with van der Waals surface area (Å²) in [7, 11) is 0. The van der Waals surface area contributed by atoms with Gasteiger partial charge in [-0.2, -0.15) is 0 Å². The Hall–Kier alpha value is -1.22. The van der Waals surface area contributed by atoms with Crippen molar-refractivity contribution in [3.05, 3.63) is 23.8 Å². The van der Waals surface area contributed by atoms with E-state index in [0.717, 1.165) is 5.56 Å². The molecule has 70 valence electrons. The predicted molar refractivity (Wildman–Crippen MR) is 54.9 cm³/mol. The van der Waals surface area contributed by atoms with Gasteiger partial charge in [-0.3, -0.25) is 4.79 Å². The Morgan fingerprint density at radius 1 is 1.62 bits per heavy atom. The molecule has 0 spiro atoms. The largest absolute Gasteiger partial charge is 0.398 e. The third-order valence-electron chi connectivity index (χ3n) is 1.68. The number of carbonyl (C=O) groups is 1. The minimum absolute atomic E-state index is 0.0478. The lowest BCUT2D eigenvalue weighted by Gasteiger charge is -2.05. The second-order valence-electron chi connectivity index (χ2n) is 2.75. The van der Waals surface area contributed by atoms with Gasteiger partial charge >= 0.3 is 0 Å². The number of anilines is 2. The molecule has 13 heavy (non-hydrogen) atoms. The Kier molecular flexibility index (Phi) is 3.14. The van der Waals surface area contributed by atoms with Crippen LogP contribution in [0.5, 0.6) is 0 Å². The van der Waals surface area contributed by atoms with Gasteiger partial charge in [0.1, 0.15) is 5.88 Å². The average Bonchev–Trinajstić information content (AvgIpc) is 2.11. The molecule has 0 saturated carbocycles. The Morgan fingerprint density at radius 2 is 2.31 bits per heavy atom. The first kappa shape index (κ1) is 9.86. The van der Waals surface area contributed by atoms with E-state index < -0.39 is 0 Å². The highest BCUT2D eigenvalue weighted by molar-refractivity contribution is 6.29. The summed E-state index contributed by atoms with van der Waals surface area (Å²) in [5.41, 5.74) is 7.98. The molecule has 0 atom stereocenters. The minimum Gasteiger partial charge on any atom is -0.398 e. The van der Waals surface area contributed by atoms with Crippen LogP contribution in [0.15, 0.2) is 18.2 Å². The summed E-state index contributed by atoms with van der Waals surface area (Å²) in [5.74, 6) is -0.279. The van der Waals surface area contributed by atoms with Crippen LogP contribution in [0.4, 0.5) is 11.4 Å². The molecule has 0 unspecified atom stereocenters. The molecule has 4 heteroatoms.